The summed E-state index contributed by atoms with van der Waals surface area (Å²) in [6.45, 7) is 0.962. The highest BCUT2D eigenvalue weighted by atomic mass is 16.3. The average molecular weight is 715 g/mol. The van der Waals surface area contributed by atoms with E-state index in [-0.39, 0.29) is 23.2 Å². The summed E-state index contributed by atoms with van der Waals surface area (Å²) < 4.78 is 0. The van der Waals surface area contributed by atoms with Crippen LogP contribution in [0.2, 0.25) is 0 Å². The summed E-state index contributed by atoms with van der Waals surface area (Å²) in [5.41, 5.74) is 1.41. The SMILES string of the molecule is O=C(c1cccc(-c2cccc(C(=O)N3CCC[C@H]3C(O)(c3ccccc3)c3ccccc3)n2)n1)N1CCC[C@H]1C(O)(c1ccccc1)c1ccccc1. The van der Waals surface area contributed by atoms with Crippen molar-refractivity contribution >= 4 is 11.8 Å². The van der Waals surface area contributed by atoms with E-state index in [1.54, 1.807) is 46.2 Å². The van der Waals surface area contributed by atoms with Crippen molar-refractivity contribution in [3.63, 3.8) is 0 Å². The highest BCUT2D eigenvalue weighted by Gasteiger charge is 2.49. The molecule has 2 aliphatic rings. The first kappa shape index (κ1) is 35.1. The van der Waals surface area contributed by atoms with E-state index in [0.29, 0.717) is 37.3 Å². The van der Waals surface area contributed by atoms with Gasteiger partial charge in [0.2, 0.25) is 0 Å². The summed E-state index contributed by atoms with van der Waals surface area (Å²) in [6.07, 6.45) is 2.73. The van der Waals surface area contributed by atoms with Crippen LogP contribution >= 0.6 is 0 Å². The molecule has 2 saturated heterocycles. The zero-order chi connectivity index (χ0) is 37.1. The molecule has 0 aliphatic carbocycles. The third kappa shape index (κ3) is 6.27. The maximum absolute atomic E-state index is 14.3. The third-order valence-electron chi connectivity index (χ3n) is 11.0. The number of carbonyl (C=O) groups excluding carboxylic acids is 2. The van der Waals surface area contributed by atoms with Crippen LogP contribution in [-0.2, 0) is 11.2 Å². The molecule has 4 aromatic carbocycles. The maximum atomic E-state index is 14.3. The lowest BCUT2D eigenvalue weighted by molar-refractivity contribution is -0.000949. The smallest absolute Gasteiger partial charge is 0.272 e. The Labute approximate surface area is 315 Å². The van der Waals surface area contributed by atoms with Crippen molar-refractivity contribution in [2.45, 2.75) is 49.0 Å². The number of rotatable bonds is 9. The second kappa shape index (κ2) is 14.8. The van der Waals surface area contributed by atoms with Crippen molar-refractivity contribution in [2.24, 2.45) is 0 Å². The molecule has 4 heterocycles. The molecule has 2 fully saturated rings. The number of pyridine rings is 2. The Morgan fingerprint density at radius 2 is 0.778 bits per heavy atom. The van der Waals surface area contributed by atoms with Gasteiger partial charge in [0.05, 0.1) is 23.5 Å². The Hall–Kier alpha value is -5.96. The Morgan fingerprint density at radius 1 is 0.463 bits per heavy atom. The topological polar surface area (TPSA) is 107 Å². The fourth-order valence-electron chi connectivity index (χ4n) is 8.45. The van der Waals surface area contributed by atoms with E-state index < -0.39 is 23.3 Å². The number of aromatic nitrogens is 2. The Kier molecular flexibility index (Phi) is 9.63. The number of benzene rings is 4. The largest absolute Gasteiger partial charge is 0.378 e. The molecular weight excluding hydrogens is 673 g/mol. The van der Waals surface area contributed by atoms with Crippen LogP contribution in [-0.4, -0.2) is 67.0 Å². The lowest BCUT2D eigenvalue weighted by Gasteiger charge is -2.40. The summed E-state index contributed by atoms with van der Waals surface area (Å²) in [7, 11) is 0. The Morgan fingerprint density at radius 3 is 1.09 bits per heavy atom. The van der Waals surface area contributed by atoms with Crippen LogP contribution in [0.4, 0.5) is 0 Å². The third-order valence-corrected chi connectivity index (χ3v) is 11.0. The molecule has 0 spiro atoms. The van der Waals surface area contributed by atoms with Gasteiger partial charge in [-0.05, 0) is 72.2 Å². The Bertz CT molecular complexity index is 1990. The van der Waals surface area contributed by atoms with E-state index in [4.69, 9.17) is 9.97 Å². The van der Waals surface area contributed by atoms with Crippen LogP contribution in [0, 0.1) is 0 Å². The van der Waals surface area contributed by atoms with Crippen molar-refractivity contribution in [3.8, 4) is 11.4 Å². The minimum Gasteiger partial charge on any atom is -0.378 e. The van der Waals surface area contributed by atoms with Gasteiger partial charge >= 0.3 is 0 Å². The van der Waals surface area contributed by atoms with Gasteiger partial charge in [0.15, 0.2) is 0 Å². The number of likely N-dealkylation sites (tertiary alicyclic amines) is 2. The average Bonchev–Trinajstić information content (AvgIpc) is 3.96. The number of amides is 2. The molecule has 54 heavy (non-hydrogen) atoms. The van der Waals surface area contributed by atoms with Crippen molar-refractivity contribution in [1.29, 1.82) is 0 Å². The van der Waals surface area contributed by atoms with Gasteiger partial charge in [0.25, 0.3) is 11.8 Å². The quantitative estimate of drug-likeness (QED) is 0.164. The summed E-state index contributed by atoms with van der Waals surface area (Å²) >= 11 is 0. The second-order valence-electron chi connectivity index (χ2n) is 14.1. The molecule has 2 atom stereocenters. The fourth-order valence-corrected chi connectivity index (χ4v) is 8.45. The first-order valence-electron chi connectivity index (χ1n) is 18.6. The monoisotopic (exact) mass is 714 g/mol. The number of carbonyl (C=O) groups is 2. The molecule has 2 aliphatic heterocycles. The van der Waals surface area contributed by atoms with Crippen molar-refractivity contribution < 1.29 is 19.8 Å². The number of aliphatic hydroxyl groups is 2. The van der Waals surface area contributed by atoms with Gasteiger partial charge in [-0.3, -0.25) is 9.59 Å². The summed E-state index contributed by atoms with van der Waals surface area (Å²) in [4.78, 5) is 41.7. The van der Waals surface area contributed by atoms with Crippen LogP contribution in [0.15, 0.2) is 158 Å². The van der Waals surface area contributed by atoms with Crippen LogP contribution < -0.4 is 0 Å². The van der Waals surface area contributed by atoms with Gasteiger partial charge in [0, 0.05) is 13.1 Å². The summed E-state index contributed by atoms with van der Waals surface area (Å²) in [6, 6.07) is 47.5. The molecule has 0 unspecified atom stereocenters. The number of hydrogen-bond acceptors (Lipinski definition) is 6. The zero-order valence-electron chi connectivity index (χ0n) is 29.9. The van der Waals surface area contributed by atoms with Crippen LogP contribution in [0.1, 0.15) is 68.9 Å². The van der Waals surface area contributed by atoms with Crippen molar-refractivity contribution in [2.75, 3.05) is 13.1 Å². The molecular formula is C46H42N4O4. The molecule has 0 bridgehead atoms. The highest BCUT2D eigenvalue weighted by molar-refractivity contribution is 5.94. The first-order chi connectivity index (χ1) is 26.4. The second-order valence-corrected chi connectivity index (χ2v) is 14.1. The molecule has 0 radical (unpaired) electrons. The number of nitrogens with zero attached hydrogens (tertiary/aromatic N) is 4. The molecule has 2 amide bonds. The van der Waals surface area contributed by atoms with Gasteiger partial charge in [-0.15, -0.1) is 0 Å². The summed E-state index contributed by atoms with van der Waals surface area (Å²) in [5.74, 6) is -0.559. The molecule has 0 saturated carbocycles. The van der Waals surface area contributed by atoms with Gasteiger partial charge in [-0.2, -0.15) is 0 Å². The molecule has 8 heteroatoms. The molecule has 6 aromatic rings. The van der Waals surface area contributed by atoms with E-state index >= 15 is 0 Å². The minimum absolute atomic E-state index is 0.233. The molecule has 8 nitrogen and oxygen atoms in total. The molecule has 2 aromatic heterocycles. The normalized spacial score (nSPS) is 17.4. The standard InChI is InChI=1S/C46H42N4O4/c51-43(49-31-15-29-41(49)45(53,33-17-5-1-6-18-33)34-19-7-2-8-20-34)39-27-13-25-37(47-39)38-26-14-28-40(48-38)44(52)50-32-16-30-42(50)46(54,35-21-9-3-10-22-35)36-23-11-4-12-24-36/h1-14,17-28,41-42,53-54H,15-16,29-32H2/t41-,42-/m0/s1. The lowest BCUT2D eigenvalue weighted by Crippen LogP contribution is -2.50. The lowest BCUT2D eigenvalue weighted by atomic mass is 9.79. The van der Waals surface area contributed by atoms with Crippen LogP contribution in [0.25, 0.3) is 11.4 Å². The predicted molar refractivity (Wildman–Crippen MR) is 207 cm³/mol. The van der Waals surface area contributed by atoms with Crippen molar-refractivity contribution in [3.05, 3.63) is 191 Å². The highest BCUT2D eigenvalue weighted by Crippen LogP contribution is 2.42. The van der Waals surface area contributed by atoms with Crippen LogP contribution in [0.5, 0.6) is 0 Å². The van der Waals surface area contributed by atoms with Gasteiger partial charge in [-0.25, -0.2) is 9.97 Å². The minimum atomic E-state index is -1.43. The molecule has 2 N–H and O–H groups in total. The number of hydrogen-bond donors (Lipinski definition) is 2. The fraction of sp³-hybridized carbons (Fsp3) is 0.217. The summed E-state index contributed by atoms with van der Waals surface area (Å²) in [5, 5.41) is 25.1. The van der Waals surface area contributed by atoms with Gasteiger partial charge in [-0.1, -0.05) is 133 Å². The van der Waals surface area contributed by atoms with Crippen molar-refractivity contribution in [1.82, 2.24) is 19.8 Å². The van der Waals surface area contributed by atoms with Gasteiger partial charge < -0.3 is 20.0 Å². The van der Waals surface area contributed by atoms with E-state index in [1.807, 2.05) is 121 Å². The van der Waals surface area contributed by atoms with Gasteiger partial charge in [0.1, 0.15) is 22.6 Å². The van der Waals surface area contributed by atoms with Crippen LogP contribution in [0.3, 0.4) is 0 Å². The maximum Gasteiger partial charge on any atom is 0.272 e. The molecule has 8 rings (SSSR count). The zero-order valence-corrected chi connectivity index (χ0v) is 29.9. The van der Waals surface area contributed by atoms with E-state index in [9.17, 15) is 19.8 Å². The Balaban J connectivity index is 1.08. The van der Waals surface area contributed by atoms with E-state index in [2.05, 4.69) is 0 Å². The van der Waals surface area contributed by atoms with E-state index in [0.717, 1.165) is 35.1 Å². The van der Waals surface area contributed by atoms with E-state index in [1.165, 1.54) is 0 Å². The first-order valence-corrected chi connectivity index (χ1v) is 18.6. The predicted octanol–water partition coefficient (Wildman–Crippen LogP) is 7.23. The molecule has 270 valence electrons.